The minimum absolute atomic E-state index is 0.118. The van der Waals surface area contributed by atoms with Gasteiger partial charge in [0, 0.05) is 24.0 Å². The van der Waals surface area contributed by atoms with Crippen molar-refractivity contribution < 1.29 is 5.11 Å². The van der Waals surface area contributed by atoms with Crippen LogP contribution in [-0.2, 0) is 6.54 Å². The maximum atomic E-state index is 8.78. The SMILES string of the molecule is Nc1cccc(-c2cn(CCO)cn2)c1. The molecule has 1 aromatic heterocycles. The summed E-state index contributed by atoms with van der Waals surface area (Å²) in [6.07, 6.45) is 3.60. The molecule has 0 bridgehead atoms. The summed E-state index contributed by atoms with van der Waals surface area (Å²) in [7, 11) is 0. The number of aliphatic hydroxyl groups excluding tert-OH is 1. The summed E-state index contributed by atoms with van der Waals surface area (Å²) in [5, 5.41) is 8.78. The number of aliphatic hydroxyl groups is 1. The molecule has 0 unspecified atom stereocenters. The summed E-state index contributed by atoms with van der Waals surface area (Å²) in [5.74, 6) is 0. The zero-order valence-electron chi connectivity index (χ0n) is 8.30. The Morgan fingerprint density at radius 2 is 2.27 bits per heavy atom. The number of hydrogen-bond acceptors (Lipinski definition) is 3. The number of benzene rings is 1. The van der Waals surface area contributed by atoms with Crippen molar-refractivity contribution in [2.45, 2.75) is 6.54 Å². The smallest absolute Gasteiger partial charge is 0.0954 e. The van der Waals surface area contributed by atoms with Crippen LogP contribution < -0.4 is 5.73 Å². The summed E-state index contributed by atoms with van der Waals surface area (Å²) in [6.45, 7) is 0.683. The van der Waals surface area contributed by atoms with Crippen LogP contribution in [0.25, 0.3) is 11.3 Å². The maximum absolute atomic E-state index is 8.78. The zero-order valence-corrected chi connectivity index (χ0v) is 8.30. The first-order valence-electron chi connectivity index (χ1n) is 4.78. The van der Waals surface area contributed by atoms with Crippen LogP contribution in [0.15, 0.2) is 36.8 Å². The quantitative estimate of drug-likeness (QED) is 0.735. The average molecular weight is 203 g/mol. The predicted octanol–water partition coefficient (Wildman–Crippen LogP) is 1.12. The van der Waals surface area contributed by atoms with Gasteiger partial charge in [0.15, 0.2) is 0 Å². The molecule has 0 aliphatic rings. The van der Waals surface area contributed by atoms with Gasteiger partial charge in [0.05, 0.1) is 18.6 Å². The van der Waals surface area contributed by atoms with Crippen molar-refractivity contribution in [3.05, 3.63) is 36.8 Å². The van der Waals surface area contributed by atoms with E-state index in [1.807, 2.05) is 35.0 Å². The Balaban J connectivity index is 2.29. The fraction of sp³-hybridized carbons (Fsp3) is 0.182. The first kappa shape index (κ1) is 9.73. The Bertz CT molecular complexity index is 451. The average Bonchev–Trinajstić information content (AvgIpc) is 2.67. The maximum Gasteiger partial charge on any atom is 0.0954 e. The van der Waals surface area contributed by atoms with Gasteiger partial charge in [-0.25, -0.2) is 4.98 Å². The molecule has 0 aliphatic carbocycles. The van der Waals surface area contributed by atoms with E-state index in [0.717, 1.165) is 16.9 Å². The lowest BCUT2D eigenvalue weighted by Gasteiger charge is -1.98. The second-order valence-corrected chi connectivity index (χ2v) is 3.35. The van der Waals surface area contributed by atoms with Crippen LogP contribution in [0.3, 0.4) is 0 Å². The second kappa shape index (κ2) is 4.14. The highest BCUT2D eigenvalue weighted by Crippen LogP contribution is 2.18. The number of anilines is 1. The third-order valence-corrected chi connectivity index (χ3v) is 2.17. The third kappa shape index (κ3) is 2.16. The first-order valence-corrected chi connectivity index (χ1v) is 4.78. The van der Waals surface area contributed by atoms with Crippen molar-refractivity contribution >= 4 is 5.69 Å². The highest BCUT2D eigenvalue weighted by Gasteiger charge is 2.01. The first-order chi connectivity index (χ1) is 7.29. The van der Waals surface area contributed by atoms with Crippen LogP contribution in [0.2, 0.25) is 0 Å². The molecule has 4 nitrogen and oxygen atoms in total. The number of nitrogen functional groups attached to an aromatic ring is 1. The third-order valence-electron chi connectivity index (χ3n) is 2.17. The van der Waals surface area contributed by atoms with Gasteiger partial charge >= 0.3 is 0 Å². The summed E-state index contributed by atoms with van der Waals surface area (Å²) in [4.78, 5) is 4.24. The van der Waals surface area contributed by atoms with E-state index in [4.69, 9.17) is 10.8 Å². The van der Waals surface area contributed by atoms with Gasteiger partial charge in [0.25, 0.3) is 0 Å². The van der Waals surface area contributed by atoms with E-state index in [1.54, 1.807) is 6.33 Å². The molecular formula is C11H13N3O. The summed E-state index contributed by atoms with van der Waals surface area (Å²) in [6, 6.07) is 7.58. The Kier molecular flexibility index (Phi) is 2.69. The number of nitrogens with zero attached hydrogens (tertiary/aromatic N) is 2. The largest absolute Gasteiger partial charge is 0.399 e. The van der Waals surface area contributed by atoms with E-state index in [9.17, 15) is 0 Å². The molecule has 0 spiro atoms. The molecule has 0 fully saturated rings. The molecule has 2 rings (SSSR count). The van der Waals surface area contributed by atoms with Crippen LogP contribution in [0.5, 0.6) is 0 Å². The molecule has 0 radical (unpaired) electrons. The van der Waals surface area contributed by atoms with Crippen molar-refractivity contribution in [3.63, 3.8) is 0 Å². The normalized spacial score (nSPS) is 10.5. The molecule has 0 saturated heterocycles. The van der Waals surface area contributed by atoms with Gasteiger partial charge in [-0.2, -0.15) is 0 Å². The fourth-order valence-corrected chi connectivity index (χ4v) is 1.44. The van der Waals surface area contributed by atoms with Crippen LogP contribution in [0.4, 0.5) is 5.69 Å². The number of nitrogens with two attached hydrogens (primary N) is 1. The van der Waals surface area contributed by atoms with Gasteiger partial charge in [-0.15, -0.1) is 0 Å². The highest BCUT2D eigenvalue weighted by molar-refractivity contribution is 5.63. The minimum Gasteiger partial charge on any atom is -0.399 e. The van der Waals surface area contributed by atoms with E-state index in [1.165, 1.54) is 0 Å². The standard InChI is InChI=1S/C11H13N3O/c12-10-3-1-2-9(6-10)11-7-14(4-5-15)8-13-11/h1-3,6-8,15H,4-5,12H2. The van der Waals surface area contributed by atoms with Gasteiger partial charge in [0.2, 0.25) is 0 Å². The molecule has 0 aliphatic heterocycles. The topological polar surface area (TPSA) is 64.1 Å². The van der Waals surface area contributed by atoms with Crippen LogP contribution in [0, 0.1) is 0 Å². The summed E-state index contributed by atoms with van der Waals surface area (Å²) in [5.41, 5.74) is 8.28. The molecule has 4 heteroatoms. The Morgan fingerprint density at radius 1 is 1.40 bits per heavy atom. The predicted molar refractivity (Wildman–Crippen MR) is 59.2 cm³/mol. The lowest BCUT2D eigenvalue weighted by molar-refractivity contribution is 0.276. The molecule has 0 saturated carbocycles. The van der Waals surface area contributed by atoms with Gasteiger partial charge in [0.1, 0.15) is 0 Å². The van der Waals surface area contributed by atoms with Gasteiger partial charge < -0.3 is 15.4 Å². The fourth-order valence-electron chi connectivity index (χ4n) is 1.44. The monoisotopic (exact) mass is 203 g/mol. The Hall–Kier alpha value is -1.81. The van der Waals surface area contributed by atoms with E-state index >= 15 is 0 Å². The van der Waals surface area contributed by atoms with Crippen LogP contribution in [-0.4, -0.2) is 21.3 Å². The summed E-state index contributed by atoms with van der Waals surface area (Å²) >= 11 is 0. The van der Waals surface area contributed by atoms with E-state index in [0.29, 0.717) is 6.54 Å². The van der Waals surface area contributed by atoms with Gasteiger partial charge in [-0.3, -0.25) is 0 Å². The lowest BCUT2D eigenvalue weighted by Crippen LogP contribution is -1.97. The van der Waals surface area contributed by atoms with Gasteiger partial charge in [-0.1, -0.05) is 12.1 Å². The molecule has 0 atom stereocenters. The summed E-state index contributed by atoms with van der Waals surface area (Å²) < 4.78 is 1.85. The van der Waals surface area contributed by atoms with E-state index in [2.05, 4.69) is 4.98 Å². The van der Waals surface area contributed by atoms with Crippen molar-refractivity contribution in [2.75, 3.05) is 12.3 Å². The molecule has 2 aromatic rings. The molecule has 15 heavy (non-hydrogen) atoms. The zero-order chi connectivity index (χ0) is 10.7. The molecule has 1 heterocycles. The molecule has 0 amide bonds. The Labute approximate surface area is 88.0 Å². The lowest BCUT2D eigenvalue weighted by atomic mass is 10.1. The van der Waals surface area contributed by atoms with Crippen molar-refractivity contribution in [1.82, 2.24) is 9.55 Å². The van der Waals surface area contributed by atoms with Crippen molar-refractivity contribution in [2.24, 2.45) is 0 Å². The molecule has 78 valence electrons. The molecule has 1 aromatic carbocycles. The second-order valence-electron chi connectivity index (χ2n) is 3.35. The van der Waals surface area contributed by atoms with E-state index < -0.39 is 0 Å². The number of aromatic nitrogens is 2. The van der Waals surface area contributed by atoms with E-state index in [-0.39, 0.29) is 6.61 Å². The number of rotatable bonds is 3. The highest BCUT2D eigenvalue weighted by atomic mass is 16.3. The molecular weight excluding hydrogens is 190 g/mol. The minimum atomic E-state index is 0.118. The van der Waals surface area contributed by atoms with Crippen molar-refractivity contribution in [3.8, 4) is 11.3 Å². The number of hydrogen-bond donors (Lipinski definition) is 2. The number of imidazole rings is 1. The van der Waals surface area contributed by atoms with Gasteiger partial charge in [-0.05, 0) is 12.1 Å². The van der Waals surface area contributed by atoms with Crippen molar-refractivity contribution in [1.29, 1.82) is 0 Å². The molecule has 3 N–H and O–H groups in total. The van der Waals surface area contributed by atoms with Crippen LogP contribution in [0.1, 0.15) is 0 Å². The Morgan fingerprint density at radius 3 is 3.00 bits per heavy atom. The van der Waals surface area contributed by atoms with Crippen LogP contribution >= 0.6 is 0 Å².